The smallest absolute Gasteiger partial charge is 0.312 e. The highest BCUT2D eigenvalue weighted by molar-refractivity contribution is 4.70. The summed E-state index contributed by atoms with van der Waals surface area (Å²) in [5.74, 6) is 0. The van der Waals surface area contributed by atoms with Crippen LogP contribution >= 0.6 is 0 Å². The van der Waals surface area contributed by atoms with E-state index < -0.39 is 18.6 Å². The van der Waals surface area contributed by atoms with Gasteiger partial charge in [0.25, 0.3) is 0 Å². The molecule has 0 saturated carbocycles. The van der Waals surface area contributed by atoms with E-state index in [1.807, 2.05) is 25.9 Å². The van der Waals surface area contributed by atoms with E-state index in [1.54, 1.807) is 6.92 Å². The minimum absolute atomic E-state index is 0.241. The zero-order chi connectivity index (χ0) is 11.4. The molecule has 0 aliphatic carbocycles. The van der Waals surface area contributed by atoms with Crippen molar-refractivity contribution in [2.75, 3.05) is 20.6 Å². The molecule has 0 fully saturated rings. The van der Waals surface area contributed by atoms with Crippen molar-refractivity contribution in [3.8, 4) is 0 Å². The van der Waals surface area contributed by atoms with Crippen molar-refractivity contribution < 1.29 is 13.2 Å². The number of alkyl halides is 3. The quantitative estimate of drug-likeness (QED) is 0.748. The molecule has 0 aromatic heterocycles. The van der Waals surface area contributed by atoms with Gasteiger partial charge in [0, 0.05) is 18.6 Å². The lowest BCUT2D eigenvalue weighted by Gasteiger charge is -2.23. The molecule has 0 heterocycles. The van der Waals surface area contributed by atoms with Crippen LogP contribution in [0.5, 0.6) is 0 Å². The zero-order valence-corrected chi connectivity index (χ0v) is 9.15. The van der Waals surface area contributed by atoms with E-state index in [4.69, 9.17) is 0 Å². The Kier molecular flexibility index (Phi) is 5.44. The van der Waals surface area contributed by atoms with Gasteiger partial charge in [0.05, 0.1) is 6.42 Å². The maximum atomic E-state index is 11.9. The predicted octanol–water partition coefficient (Wildman–Crippen LogP) is 1.87. The summed E-state index contributed by atoms with van der Waals surface area (Å²) < 4.78 is 35.8. The fourth-order valence-corrected chi connectivity index (χ4v) is 0.974. The molecule has 0 spiro atoms. The second kappa shape index (κ2) is 5.56. The maximum absolute atomic E-state index is 11.9. The third-order valence-corrected chi connectivity index (χ3v) is 2.18. The molecule has 2 unspecified atom stereocenters. The van der Waals surface area contributed by atoms with Crippen LogP contribution in [0.3, 0.4) is 0 Å². The number of halogens is 3. The SMILES string of the molecule is CC(CC(F)(F)F)NCC(C)N(C)C. The van der Waals surface area contributed by atoms with Gasteiger partial charge in [0.2, 0.25) is 0 Å². The number of nitrogens with zero attached hydrogens (tertiary/aromatic N) is 1. The van der Waals surface area contributed by atoms with Crippen LogP contribution in [0.4, 0.5) is 13.2 Å². The summed E-state index contributed by atoms with van der Waals surface area (Å²) >= 11 is 0. The molecule has 0 saturated heterocycles. The van der Waals surface area contributed by atoms with Crippen LogP contribution in [-0.4, -0.2) is 43.8 Å². The van der Waals surface area contributed by atoms with E-state index in [0.717, 1.165) is 0 Å². The van der Waals surface area contributed by atoms with Gasteiger partial charge in [0.1, 0.15) is 0 Å². The topological polar surface area (TPSA) is 15.3 Å². The first-order valence-electron chi connectivity index (χ1n) is 4.69. The summed E-state index contributed by atoms with van der Waals surface area (Å²) in [6.07, 6.45) is -4.85. The van der Waals surface area contributed by atoms with Crippen LogP contribution in [0, 0.1) is 0 Å². The average molecular weight is 212 g/mol. The second-order valence-corrected chi connectivity index (χ2v) is 3.94. The lowest BCUT2D eigenvalue weighted by atomic mass is 10.2. The molecule has 2 atom stereocenters. The first kappa shape index (κ1) is 13.7. The van der Waals surface area contributed by atoms with Gasteiger partial charge in [0.15, 0.2) is 0 Å². The molecular weight excluding hydrogens is 193 g/mol. The Balaban J connectivity index is 3.69. The van der Waals surface area contributed by atoms with E-state index in [0.29, 0.717) is 6.54 Å². The Bertz CT molecular complexity index is 157. The van der Waals surface area contributed by atoms with Crippen molar-refractivity contribution in [3.05, 3.63) is 0 Å². The van der Waals surface area contributed by atoms with E-state index in [9.17, 15) is 13.2 Å². The number of rotatable bonds is 5. The van der Waals surface area contributed by atoms with Crippen LogP contribution in [0.15, 0.2) is 0 Å². The Morgan fingerprint density at radius 1 is 1.21 bits per heavy atom. The van der Waals surface area contributed by atoms with Gasteiger partial charge in [-0.3, -0.25) is 0 Å². The summed E-state index contributed by atoms with van der Waals surface area (Å²) in [7, 11) is 3.81. The molecule has 14 heavy (non-hydrogen) atoms. The molecule has 0 aliphatic rings. The lowest BCUT2D eigenvalue weighted by molar-refractivity contribution is -0.139. The number of hydrogen-bond donors (Lipinski definition) is 1. The molecule has 0 rings (SSSR count). The van der Waals surface area contributed by atoms with Gasteiger partial charge < -0.3 is 10.2 Å². The largest absolute Gasteiger partial charge is 0.390 e. The lowest BCUT2D eigenvalue weighted by Crippen LogP contribution is -2.40. The predicted molar refractivity (Wildman–Crippen MR) is 51.3 cm³/mol. The monoisotopic (exact) mass is 212 g/mol. The third kappa shape index (κ3) is 7.15. The maximum Gasteiger partial charge on any atom is 0.390 e. The molecule has 86 valence electrons. The average Bonchev–Trinajstić information content (AvgIpc) is 1.96. The molecule has 0 radical (unpaired) electrons. The van der Waals surface area contributed by atoms with Crippen molar-refractivity contribution in [1.29, 1.82) is 0 Å². The van der Waals surface area contributed by atoms with E-state index in [2.05, 4.69) is 5.32 Å². The van der Waals surface area contributed by atoms with Gasteiger partial charge >= 0.3 is 6.18 Å². The molecule has 0 bridgehead atoms. The van der Waals surface area contributed by atoms with Crippen LogP contribution < -0.4 is 5.32 Å². The van der Waals surface area contributed by atoms with Crippen LogP contribution in [-0.2, 0) is 0 Å². The minimum Gasteiger partial charge on any atom is -0.312 e. The van der Waals surface area contributed by atoms with Gasteiger partial charge in [-0.2, -0.15) is 13.2 Å². The molecule has 2 nitrogen and oxygen atoms in total. The van der Waals surface area contributed by atoms with Gasteiger partial charge in [-0.1, -0.05) is 0 Å². The van der Waals surface area contributed by atoms with Crippen LogP contribution in [0.2, 0.25) is 0 Å². The Hall–Kier alpha value is -0.290. The van der Waals surface area contributed by atoms with E-state index in [1.165, 1.54) is 0 Å². The summed E-state index contributed by atoms with van der Waals surface area (Å²) in [6.45, 7) is 4.09. The van der Waals surface area contributed by atoms with Crippen molar-refractivity contribution >= 4 is 0 Å². The van der Waals surface area contributed by atoms with Gasteiger partial charge in [-0.05, 0) is 27.9 Å². The van der Waals surface area contributed by atoms with Crippen molar-refractivity contribution in [1.82, 2.24) is 10.2 Å². The van der Waals surface area contributed by atoms with Gasteiger partial charge in [-0.15, -0.1) is 0 Å². The summed E-state index contributed by atoms with van der Waals surface area (Å²) in [6, 6.07) is -0.275. The summed E-state index contributed by atoms with van der Waals surface area (Å²) in [5.41, 5.74) is 0. The molecule has 0 aliphatic heterocycles. The zero-order valence-electron chi connectivity index (χ0n) is 9.15. The molecular formula is C9H19F3N2. The van der Waals surface area contributed by atoms with Gasteiger partial charge in [-0.25, -0.2) is 0 Å². The molecule has 0 amide bonds. The van der Waals surface area contributed by atoms with Crippen LogP contribution in [0.1, 0.15) is 20.3 Å². The van der Waals surface area contributed by atoms with Crippen molar-refractivity contribution in [3.63, 3.8) is 0 Å². The molecule has 0 aromatic rings. The van der Waals surface area contributed by atoms with Crippen molar-refractivity contribution in [2.24, 2.45) is 0 Å². The molecule has 0 aromatic carbocycles. The fraction of sp³-hybridized carbons (Fsp3) is 1.00. The third-order valence-electron chi connectivity index (χ3n) is 2.18. The van der Waals surface area contributed by atoms with Crippen LogP contribution in [0.25, 0.3) is 0 Å². The minimum atomic E-state index is -4.08. The fourth-order valence-electron chi connectivity index (χ4n) is 0.974. The number of hydrogen-bond acceptors (Lipinski definition) is 2. The Morgan fingerprint density at radius 3 is 2.07 bits per heavy atom. The second-order valence-electron chi connectivity index (χ2n) is 3.94. The summed E-state index contributed by atoms with van der Waals surface area (Å²) in [5, 5.41) is 2.86. The van der Waals surface area contributed by atoms with Crippen molar-refractivity contribution in [2.45, 2.75) is 38.5 Å². The van der Waals surface area contributed by atoms with E-state index in [-0.39, 0.29) is 6.04 Å². The first-order chi connectivity index (χ1) is 6.22. The Labute approximate surface area is 83.5 Å². The Morgan fingerprint density at radius 2 is 1.71 bits per heavy atom. The highest BCUT2D eigenvalue weighted by Crippen LogP contribution is 2.21. The molecule has 5 heteroatoms. The standard InChI is InChI=1S/C9H19F3N2/c1-7(5-9(10,11)12)13-6-8(2)14(3)4/h7-8,13H,5-6H2,1-4H3. The highest BCUT2D eigenvalue weighted by atomic mass is 19.4. The first-order valence-corrected chi connectivity index (χ1v) is 4.69. The normalized spacial score (nSPS) is 17.1. The number of nitrogens with one attached hydrogen (secondary N) is 1. The summed E-state index contributed by atoms with van der Waals surface area (Å²) in [4.78, 5) is 1.97. The highest BCUT2D eigenvalue weighted by Gasteiger charge is 2.29. The molecule has 1 N–H and O–H groups in total. The van der Waals surface area contributed by atoms with E-state index >= 15 is 0 Å². The number of likely N-dealkylation sites (N-methyl/N-ethyl adjacent to an activating group) is 1.